The molecular weight excluding hydrogens is 150 g/mol. The van der Waals surface area contributed by atoms with Crippen molar-refractivity contribution in [2.75, 3.05) is 0 Å². The molecular formula is C4H4F2O4. The van der Waals surface area contributed by atoms with E-state index in [1.807, 2.05) is 0 Å². The van der Waals surface area contributed by atoms with Gasteiger partial charge in [0.2, 0.25) is 5.92 Å². The Morgan fingerprint density at radius 1 is 1.10 bits per heavy atom. The summed E-state index contributed by atoms with van der Waals surface area (Å²) in [4.78, 5) is 19.4. The van der Waals surface area contributed by atoms with Gasteiger partial charge < -0.3 is 10.2 Å². The van der Waals surface area contributed by atoms with Crippen molar-refractivity contribution in [3.05, 3.63) is 0 Å². The molecule has 0 fully saturated rings. The monoisotopic (exact) mass is 154 g/mol. The van der Waals surface area contributed by atoms with Gasteiger partial charge in [-0.3, -0.25) is 9.59 Å². The molecule has 0 aromatic heterocycles. The molecule has 0 aliphatic heterocycles. The Hall–Kier alpha value is -1.20. The van der Waals surface area contributed by atoms with E-state index in [-0.39, 0.29) is 0 Å². The second-order valence-corrected chi connectivity index (χ2v) is 1.49. The number of rotatable bonds is 3. The third-order valence-corrected chi connectivity index (χ3v) is 0.784. The highest BCUT2D eigenvalue weighted by molar-refractivity contribution is 5.93. The van der Waals surface area contributed by atoms with E-state index in [2.05, 4.69) is 0 Å². The normalized spacial score (nSPS) is 10.4. The van der Waals surface area contributed by atoms with Crippen LogP contribution < -0.4 is 0 Å². The number of aliphatic carboxylic acids is 2. The van der Waals surface area contributed by atoms with Gasteiger partial charge in [0.1, 0.15) is 0 Å². The van der Waals surface area contributed by atoms with Crippen LogP contribution in [-0.2, 0) is 9.59 Å². The first kappa shape index (κ1) is 8.80. The van der Waals surface area contributed by atoms with E-state index in [0.29, 0.717) is 0 Å². The molecule has 0 aromatic rings. The minimum Gasteiger partial charge on any atom is -0.480 e. The zero-order chi connectivity index (χ0) is 8.31. The number of carbonyl (C=O) groups is 2. The van der Waals surface area contributed by atoms with Crippen LogP contribution in [-0.4, -0.2) is 28.6 Å². The minimum absolute atomic E-state index is 2.03. The Kier molecular flexibility index (Phi) is 2.72. The highest BCUT2D eigenvalue weighted by Crippen LogP contribution is 2.09. The van der Waals surface area contributed by atoms with Crippen molar-refractivity contribution in [2.24, 2.45) is 5.92 Å². The Bertz CT molecular complexity index is 141. The van der Waals surface area contributed by atoms with Gasteiger partial charge in [0.15, 0.2) is 0 Å². The molecule has 6 heteroatoms. The summed E-state index contributed by atoms with van der Waals surface area (Å²) in [5, 5.41) is 15.7. The number of hydrogen-bond acceptors (Lipinski definition) is 2. The number of carboxylic acid groups (broad SMARTS) is 2. The van der Waals surface area contributed by atoms with E-state index >= 15 is 0 Å². The van der Waals surface area contributed by atoms with E-state index in [1.165, 1.54) is 0 Å². The van der Waals surface area contributed by atoms with Crippen LogP contribution in [0.25, 0.3) is 0 Å². The highest BCUT2D eigenvalue weighted by Gasteiger charge is 2.35. The molecule has 2 N–H and O–H groups in total. The molecule has 0 spiro atoms. The van der Waals surface area contributed by atoms with E-state index in [9.17, 15) is 18.4 Å². The quantitative estimate of drug-likeness (QED) is 0.562. The lowest BCUT2D eigenvalue weighted by Crippen LogP contribution is -2.29. The maximum atomic E-state index is 11.4. The van der Waals surface area contributed by atoms with Crippen molar-refractivity contribution >= 4 is 11.9 Å². The Balaban J connectivity index is 4.27. The number of halogens is 2. The van der Waals surface area contributed by atoms with Crippen LogP contribution in [0.3, 0.4) is 0 Å². The third kappa shape index (κ3) is 1.96. The molecule has 58 valence electrons. The second kappa shape index (κ2) is 3.09. The fourth-order valence-corrected chi connectivity index (χ4v) is 0.321. The van der Waals surface area contributed by atoms with Gasteiger partial charge in [0.05, 0.1) is 0 Å². The van der Waals surface area contributed by atoms with E-state index in [1.54, 1.807) is 0 Å². The van der Waals surface area contributed by atoms with Crippen LogP contribution in [0.4, 0.5) is 8.78 Å². The van der Waals surface area contributed by atoms with Crippen LogP contribution in [0.1, 0.15) is 0 Å². The van der Waals surface area contributed by atoms with E-state index in [4.69, 9.17) is 10.2 Å². The van der Waals surface area contributed by atoms with Crippen molar-refractivity contribution in [3.63, 3.8) is 0 Å². The van der Waals surface area contributed by atoms with Gasteiger partial charge in [0, 0.05) is 0 Å². The first-order valence-corrected chi connectivity index (χ1v) is 2.20. The van der Waals surface area contributed by atoms with Crippen molar-refractivity contribution in [3.8, 4) is 0 Å². The molecule has 0 saturated heterocycles. The Labute approximate surface area is 54.1 Å². The van der Waals surface area contributed by atoms with Crippen LogP contribution in [0.2, 0.25) is 0 Å². The third-order valence-electron chi connectivity index (χ3n) is 0.784. The van der Waals surface area contributed by atoms with Gasteiger partial charge >= 0.3 is 11.9 Å². The Morgan fingerprint density at radius 3 is 1.40 bits per heavy atom. The van der Waals surface area contributed by atoms with Gasteiger partial charge in [-0.05, 0) is 0 Å². The highest BCUT2D eigenvalue weighted by atomic mass is 19.3. The summed E-state index contributed by atoms with van der Waals surface area (Å²) in [5.41, 5.74) is 0. The van der Waals surface area contributed by atoms with Crippen molar-refractivity contribution in [1.82, 2.24) is 0 Å². The average Bonchev–Trinajstić information content (AvgIpc) is 1.59. The molecule has 0 unspecified atom stereocenters. The van der Waals surface area contributed by atoms with Crippen molar-refractivity contribution < 1.29 is 28.6 Å². The SMILES string of the molecule is O=C(O)C(C(=O)O)C(F)F. The molecule has 4 nitrogen and oxygen atoms in total. The van der Waals surface area contributed by atoms with E-state index < -0.39 is 24.3 Å². The maximum Gasteiger partial charge on any atom is 0.323 e. The number of hydrogen-bond donors (Lipinski definition) is 2. The molecule has 0 rings (SSSR count). The van der Waals surface area contributed by atoms with Gasteiger partial charge in [0.25, 0.3) is 6.43 Å². The van der Waals surface area contributed by atoms with Crippen LogP contribution >= 0.6 is 0 Å². The molecule has 0 aromatic carbocycles. The van der Waals surface area contributed by atoms with Crippen LogP contribution in [0.15, 0.2) is 0 Å². The lowest BCUT2D eigenvalue weighted by molar-refractivity contribution is -0.161. The molecule has 0 bridgehead atoms. The minimum atomic E-state index is -3.37. The zero-order valence-electron chi connectivity index (χ0n) is 4.62. The first-order valence-electron chi connectivity index (χ1n) is 2.20. The standard InChI is InChI=1S/C4H4F2O4/c5-2(6)1(3(7)8)4(9)10/h1-2H,(H,7,8)(H,9,10). The van der Waals surface area contributed by atoms with Gasteiger partial charge in [-0.2, -0.15) is 0 Å². The topological polar surface area (TPSA) is 74.6 Å². The summed E-state index contributed by atoms with van der Waals surface area (Å²) in [6, 6.07) is 0. The maximum absolute atomic E-state index is 11.4. The molecule has 0 atom stereocenters. The molecule has 0 radical (unpaired) electrons. The predicted octanol–water partition coefficient (Wildman–Crippen LogP) is 0.0369. The summed E-state index contributed by atoms with van der Waals surface area (Å²) < 4.78 is 22.9. The van der Waals surface area contributed by atoms with E-state index in [0.717, 1.165) is 0 Å². The van der Waals surface area contributed by atoms with Crippen molar-refractivity contribution in [1.29, 1.82) is 0 Å². The van der Waals surface area contributed by atoms with Gasteiger partial charge in [-0.25, -0.2) is 8.78 Å². The smallest absolute Gasteiger partial charge is 0.323 e. The van der Waals surface area contributed by atoms with Crippen LogP contribution in [0, 0.1) is 5.92 Å². The second-order valence-electron chi connectivity index (χ2n) is 1.49. The summed E-state index contributed by atoms with van der Waals surface area (Å²) in [7, 11) is 0. The van der Waals surface area contributed by atoms with Gasteiger partial charge in [-0.1, -0.05) is 0 Å². The fourth-order valence-electron chi connectivity index (χ4n) is 0.321. The number of alkyl halides is 2. The summed E-state index contributed by atoms with van der Waals surface area (Å²) in [6.45, 7) is 0. The lowest BCUT2D eigenvalue weighted by Gasteiger charge is -2.03. The Morgan fingerprint density at radius 2 is 1.40 bits per heavy atom. The van der Waals surface area contributed by atoms with Crippen molar-refractivity contribution in [2.45, 2.75) is 6.43 Å². The summed E-state index contributed by atoms with van der Waals surface area (Å²) in [6.07, 6.45) is -3.37. The zero-order valence-corrected chi connectivity index (χ0v) is 4.62. The summed E-state index contributed by atoms with van der Waals surface area (Å²) >= 11 is 0. The number of carboxylic acids is 2. The largest absolute Gasteiger partial charge is 0.480 e. The molecule has 0 aliphatic rings. The summed E-state index contributed by atoms with van der Waals surface area (Å²) in [5.74, 6) is -6.66. The van der Waals surface area contributed by atoms with Gasteiger partial charge in [-0.15, -0.1) is 0 Å². The molecule has 0 saturated carbocycles. The first-order chi connectivity index (χ1) is 4.46. The average molecular weight is 154 g/mol. The molecule has 0 heterocycles. The lowest BCUT2D eigenvalue weighted by atomic mass is 10.2. The predicted molar refractivity (Wildman–Crippen MR) is 24.8 cm³/mol. The fraction of sp³-hybridized carbons (Fsp3) is 0.500. The molecule has 0 amide bonds. The molecule has 0 aliphatic carbocycles. The molecule has 10 heavy (non-hydrogen) atoms. The van der Waals surface area contributed by atoms with Crippen LogP contribution in [0.5, 0.6) is 0 Å².